The Hall–Kier alpha value is -2.90. The molecule has 0 aromatic heterocycles. The molecule has 1 aromatic rings. The summed E-state index contributed by atoms with van der Waals surface area (Å²) >= 11 is 0. The van der Waals surface area contributed by atoms with Crippen LogP contribution in [0.15, 0.2) is 24.3 Å². The molecule has 2 bridgehead atoms. The highest BCUT2D eigenvalue weighted by atomic mass is 17.2. The largest absolute Gasteiger partial charge is 0.479 e. The Morgan fingerprint density at radius 1 is 1.00 bits per heavy atom. The predicted octanol–water partition coefficient (Wildman–Crippen LogP) is 1.10. The smallest absolute Gasteiger partial charge is 0.386 e. The zero-order valence-corrected chi connectivity index (χ0v) is 11.3. The van der Waals surface area contributed by atoms with Crippen LogP contribution in [0.25, 0.3) is 0 Å². The third-order valence-corrected chi connectivity index (χ3v) is 2.94. The van der Waals surface area contributed by atoms with Crippen LogP contribution in [0.3, 0.4) is 0 Å². The van der Waals surface area contributed by atoms with Gasteiger partial charge in [-0.2, -0.15) is 0 Å². The van der Waals surface area contributed by atoms with Gasteiger partial charge in [0.2, 0.25) is 0 Å². The van der Waals surface area contributed by atoms with E-state index in [1.165, 1.54) is 24.3 Å². The van der Waals surface area contributed by atoms with Crippen LogP contribution >= 0.6 is 0 Å². The first-order chi connectivity index (χ1) is 10.5. The molecule has 2 aliphatic heterocycles. The molecule has 8 nitrogen and oxygen atoms in total. The van der Waals surface area contributed by atoms with Crippen LogP contribution in [0.1, 0.15) is 40.0 Å². The van der Waals surface area contributed by atoms with E-state index in [0.717, 1.165) is 0 Å². The van der Waals surface area contributed by atoms with Gasteiger partial charge in [0.15, 0.2) is 6.10 Å². The first-order valence-corrected chi connectivity index (χ1v) is 6.43. The molecule has 1 atom stereocenters. The normalized spacial score (nSPS) is 19.6. The minimum absolute atomic E-state index is 0.0659. The fraction of sp³-hybridized carbons (Fsp3) is 0.286. The van der Waals surface area contributed by atoms with Gasteiger partial charge in [0.1, 0.15) is 0 Å². The Labute approximate surface area is 124 Å². The van der Waals surface area contributed by atoms with Gasteiger partial charge in [-0.1, -0.05) is 0 Å². The highest BCUT2D eigenvalue weighted by Gasteiger charge is 2.24. The number of fused-ring (bicyclic) bond motifs is 11. The average molecular weight is 308 g/mol. The molecule has 8 heteroatoms. The molecule has 1 aromatic carbocycles. The van der Waals surface area contributed by atoms with Crippen molar-refractivity contribution in [3.05, 3.63) is 35.4 Å². The topological polar surface area (TPSA) is 116 Å². The number of carboxylic acid groups (broad SMARTS) is 1. The summed E-state index contributed by atoms with van der Waals surface area (Å²) in [4.78, 5) is 54.5. The molecule has 0 saturated carbocycles. The van der Waals surface area contributed by atoms with Crippen LogP contribution < -0.4 is 0 Å². The van der Waals surface area contributed by atoms with Crippen LogP contribution in [0, 0.1) is 0 Å². The van der Waals surface area contributed by atoms with E-state index in [1.54, 1.807) is 0 Å². The molecular weight excluding hydrogens is 296 g/mol. The van der Waals surface area contributed by atoms with E-state index in [4.69, 9.17) is 9.84 Å². The number of hydrogen-bond acceptors (Lipinski definition) is 7. The number of esters is 1. The molecular formula is C14H12O8. The summed E-state index contributed by atoms with van der Waals surface area (Å²) < 4.78 is 4.89. The van der Waals surface area contributed by atoms with E-state index in [0.29, 0.717) is 0 Å². The van der Waals surface area contributed by atoms with Crippen LogP contribution in [0.4, 0.5) is 0 Å². The van der Waals surface area contributed by atoms with E-state index in [-0.39, 0.29) is 30.4 Å². The third-order valence-electron chi connectivity index (χ3n) is 2.94. The van der Waals surface area contributed by atoms with Gasteiger partial charge in [0.25, 0.3) is 0 Å². The van der Waals surface area contributed by atoms with Gasteiger partial charge in [-0.05, 0) is 37.1 Å². The molecule has 22 heavy (non-hydrogen) atoms. The number of ether oxygens (including phenoxy) is 1. The maximum absolute atomic E-state index is 11.9. The van der Waals surface area contributed by atoms with Gasteiger partial charge in [-0.25, -0.2) is 29.0 Å². The molecule has 1 N–H and O–H groups in total. The van der Waals surface area contributed by atoms with Crippen molar-refractivity contribution in [1.82, 2.24) is 0 Å². The van der Waals surface area contributed by atoms with E-state index < -0.39 is 30.0 Å². The van der Waals surface area contributed by atoms with Crippen LogP contribution in [0.5, 0.6) is 0 Å². The quantitative estimate of drug-likeness (QED) is 0.605. The fourth-order valence-electron chi connectivity index (χ4n) is 1.78. The Morgan fingerprint density at radius 2 is 1.59 bits per heavy atom. The van der Waals surface area contributed by atoms with Crippen molar-refractivity contribution < 1.29 is 38.8 Å². The van der Waals surface area contributed by atoms with E-state index in [1.807, 2.05) is 0 Å². The minimum atomic E-state index is -1.37. The summed E-state index contributed by atoms with van der Waals surface area (Å²) in [6, 6.07) is 5.11. The molecule has 0 fully saturated rings. The number of benzene rings is 1. The Balaban J connectivity index is 2.25. The molecule has 1 unspecified atom stereocenters. The first kappa shape index (κ1) is 15.5. The maximum Gasteiger partial charge on any atom is 0.386 e. The molecule has 3 rings (SSSR count). The monoisotopic (exact) mass is 308 g/mol. The number of carboxylic acids is 1. The standard InChI is InChI=1S/C14H12O8/c15-11-3-1-2-10(12(16)17)20-13(18)8-4-6-9(7-5-8)14(19)22-21-11/h4-7,10H,1-3H2,(H,16,17). The Morgan fingerprint density at radius 3 is 2.18 bits per heavy atom. The maximum atomic E-state index is 11.9. The van der Waals surface area contributed by atoms with Crippen LogP contribution in [-0.2, 0) is 24.1 Å². The lowest BCUT2D eigenvalue weighted by molar-refractivity contribution is -0.234. The molecule has 2 heterocycles. The van der Waals surface area contributed by atoms with Gasteiger partial charge in [0, 0.05) is 0 Å². The molecule has 2 aliphatic rings. The van der Waals surface area contributed by atoms with Crippen molar-refractivity contribution in [1.29, 1.82) is 0 Å². The summed E-state index contributed by atoms with van der Waals surface area (Å²) in [5.41, 5.74) is 0.160. The van der Waals surface area contributed by atoms with E-state index in [9.17, 15) is 19.2 Å². The number of carbonyl (C=O) groups excluding carboxylic acids is 3. The van der Waals surface area contributed by atoms with Gasteiger partial charge in [-0.15, -0.1) is 0 Å². The zero-order chi connectivity index (χ0) is 16.1. The van der Waals surface area contributed by atoms with Crippen molar-refractivity contribution in [3.8, 4) is 0 Å². The Kier molecular flexibility index (Phi) is 4.72. The molecule has 0 radical (unpaired) electrons. The van der Waals surface area contributed by atoms with Crippen LogP contribution in [0.2, 0.25) is 0 Å². The van der Waals surface area contributed by atoms with Gasteiger partial charge >= 0.3 is 23.9 Å². The zero-order valence-electron chi connectivity index (χ0n) is 11.3. The van der Waals surface area contributed by atoms with Crippen molar-refractivity contribution in [3.63, 3.8) is 0 Å². The molecule has 0 aliphatic carbocycles. The summed E-state index contributed by atoms with van der Waals surface area (Å²) in [7, 11) is 0. The highest BCUT2D eigenvalue weighted by molar-refractivity contribution is 5.94. The third kappa shape index (κ3) is 3.81. The van der Waals surface area contributed by atoms with Crippen LogP contribution in [-0.4, -0.2) is 35.1 Å². The second-order valence-corrected chi connectivity index (χ2v) is 4.53. The first-order valence-electron chi connectivity index (χ1n) is 6.43. The van der Waals surface area contributed by atoms with Gasteiger partial charge in [0.05, 0.1) is 17.5 Å². The van der Waals surface area contributed by atoms with Crippen molar-refractivity contribution in [2.24, 2.45) is 0 Å². The molecule has 116 valence electrons. The minimum Gasteiger partial charge on any atom is -0.479 e. The summed E-state index contributed by atoms with van der Waals surface area (Å²) in [5, 5.41) is 9.02. The number of hydrogen-bond donors (Lipinski definition) is 1. The number of aliphatic carboxylic acids is 1. The highest BCUT2D eigenvalue weighted by Crippen LogP contribution is 2.13. The number of rotatable bonds is 1. The lowest BCUT2D eigenvalue weighted by atomic mass is 10.1. The van der Waals surface area contributed by atoms with Crippen molar-refractivity contribution in [2.45, 2.75) is 25.4 Å². The SMILES string of the molecule is O=C1CCCC(C(=O)O)OC(=O)c2ccc(cc2)C(=O)OO1. The molecule has 0 spiro atoms. The fourth-order valence-corrected chi connectivity index (χ4v) is 1.78. The van der Waals surface area contributed by atoms with Crippen molar-refractivity contribution >= 4 is 23.9 Å². The van der Waals surface area contributed by atoms with E-state index >= 15 is 0 Å². The van der Waals surface area contributed by atoms with Crippen molar-refractivity contribution in [2.75, 3.05) is 0 Å². The summed E-state index contributed by atoms with van der Waals surface area (Å²) in [6.45, 7) is 0. The van der Waals surface area contributed by atoms with Gasteiger partial charge in [-0.3, -0.25) is 0 Å². The summed E-state index contributed by atoms with van der Waals surface area (Å²) in [6.07, 6.45) is -1.52. The molecule has 0 amide bonds. The average Bonchev–Trinajstić information content (AvgIpc) is 2.50. The second-order valence-electron chi connectivity index (χ2n) is 4.53. The van der Waals surface area contributed by atoms with Gasteiger partial charge < -0.3 is 9.84 Å². The predicted molar refractivity (Wildman–Crippen MR) is 68.6 cm³/mol. The lowest BCUT2D eigenvalue weighted by Gasteiger charge is -2.14. The summed E-state index contributed by atoms with van der Waals surface area (Å²) in [5.74, 6) is -3.84. The van der Waals surface area contributed by atoms with E-state index in [2.05, 4.69) is 9.78 Å². The molecule has 0 saturated heterocycles. The second kappa shape index (κ2) is 6.70. The Bertz CT molecular complexity index is 604. The lowest BCUT2D eigenvalue weighted by Crippen LogP contribution is -2.27. The number of carbonyl (C=O) groups is 4.